The molecule has 0 aliphatic carbocycles. The van der Waals surface area contributed by atoms with E-state index in [4.69, 9.17) is 15.2 Å². The maximum Gasteiger partial charge on any atom is 0.231 e. The number of hydrogen-bond acceptors (Lipinski definition) is 3. The zero-order valence-electron chi connectivity index (χ0n) is 14.0. The molecule has 25 heavy (non-hydrogen) atoms. The van der Waals surface area contributed by atoms with Gasteiger partial charge in [-0.3, -0.25) is 4.99 Å². The van der Waals surface area contributed by atoms with Gasteiger partial charge in [0.05, 0.1) is 12.2 Å². The van der Waals surface area contributed by atoms with Crippen LogP contribution >= 0.6 is 0 Å². The quantitative estimate of drug-likeness (QED) is 0.657. The second-order valence-electron chi connectivity index (χ2n) is 6.40. The molecule has 0 atom stereocenters. The Labute approximate surface area is 144 Å². The Morgan fingerprint density at radius 3 is 2.72 bits per heavy atom. The lowest BCUT2D eigenvalue weighted by Crippen LogP contribution is -2.28. The topological polar surface area (TPSA) is 68.9 Å². The fraction of sp³-hybridized carbons (Fsp3) is 0.278. The minimum Gasteiger partial charge on any atom is -0.454 e. The summed E-state index contributed by atoms with van der Waals surface area (Å²) in [6, 6.07) is 8.80. The van der Waals surface area contributed by atoms with E-state index < -0.39 is 11.6 Å². The van der Waals surface area contributed by atoms with Crippen LogP contribution in [0, 0.1) is 11.6 Å². The first kappa shape index (κ1) is 17.0. The predicted octanol–water partition coefficient (Wildman–Crippen LogP) is 3.40. The van der Waals surface area contributed by atoms with Gasteiger partial charge in [0, 0.05) is 11.5 Å². The highest BCUT2D eigenvalue weighted by atomic mass is 19.1. The van der Waals surface area contributed by atoms with Gasteiger partial charge in [0.2, 0.25) is 6.79 Å². The van der Waals surface area contributed by atoms with Gasteiger partial charge in [-0.05, 0) is 29.8 Å². The van der Waals surface area contributed by atoms with Gasteiger partial charge in [-0.2, -0.15) is 0 Å². The molecule has 2 aromatic carbocycles. The van der Waals surface area contributed by atoms with Crippen molar-refractivity contribution in [2.24, 2.45) is 10.7 Å². The molecule has 0 spiro atoms. The van der Waals surface area contributed by atoms with Crippen molar-refractivity contribution in [3.63, 3.8) is 0 Å². The van der Waals surface area contributed by atoms with Gasteiger partial charge in [-0.1, -0.05) is 19.9 Å². The lowest BCUT2D eigenvalue weighted by atomic mass is 9.84. The Bertz CT molecular complexity index is 822. The van der Waals surface area contributed by atoms with Crippen LogP contribution in [-0.4, -0.2) is 19.3 Å². The third-order valence-electron chi connectivity index (χ3n) is 3.99. The molecule has 0 fully saturated rings. The second kappa shape index (κ2) is 6.58. The number of halogens is 2. The van der Waals surface area contributed by atoms with E-state index in [1.807, 2.05) is 32.0 Å². The maximum atomic E-state index is 13.6. The standard InChI is InChI=1S/C18H19F2N3O2/c1-18(2,11-3-6-15-16(7-11)25-10-24-15)9-22-17(21)23-14-8-12(19)4-5-13(14)20/h3-8H,9-10H2,1-2H3,(H3,21,22,23). The fourth-order valence-electron chi connectivity index (χ4n) is 2.46. The molecule has 3 N–H and O–H groups in total. The zero-order chi connectivity index (χ0) is 18.0. The number of rotatable bonds is 4. The molecule has 1 heterocycles. The van der Waals surface area contributed by atoms with Gasteiger partial charge < -0.3 is 20.5 Å². The van der Waals surface area contributed by atoms with Crippen LogP contribution in [0.25, 0.3) is 0 Å². The second-order valence-corrected chi connectivity index (χ2v) is 6.40. The average molecular weight is 347 g/mol. The maximum absolute atomic E-state index is 13.6. The first-order chi connectivity index (χ1) is 11.8. The third-order valence-corrected chi connectivity index (χ3v) is 3.99. The normalized spacial score (nSPS) is 13.8. The number of guanidine groups is 1. The van der Waals surface area contributed by atoms with Gasteiger partial charge in [-0.15, -0.1) is 0 Å². The summed E-state index contributed by atoms with van der Waals surface area (Å²) in [5, 5.41) is 2.58. The van der Waals surface area contributed by atoms with E-state index in [1.54, 1.807) is 0 Å². The van der Waals surface area contributed by atoms with Crippen LogP contribution in [-0.2, 0) is 5.41 Å². The zero-order valence-corrected chi connectivity index (χ0v) is 14.0. The molecular weight excluding hydrogens is 328 g/mol. The summed E-state index contributed by atoms with van der Waals surface area (Å²) < 4.78 is 37.5. The van der Waals surface area contributed by atoms with Gasteiger partial charge in [0.15, 0.2) is 17.5 Å². The number of nitrogens with one attached hydrogen (secondary N) is 1. The molecule has 132 valence electrons. The Morgan fingerprint density at radius 2 is 1.92 bits per heavy atom. The summed E-state index contributed by atoms with van der Waals surface area (Å²) in [5.41, 5.74) is 6.42. The molecule has 0 unspecified atom stereocenters. The predicted molar refractivity (Wildman–Crippen MR) is 92.1 cm³/mol. The van der Waals surface area contributed by atoms with Gasteiger partial charge in [0.25, 0.3) is 0 Å². The summed E-state index contributed by atoms with van der Waals surface area (Å²) in [6.45, 7) is 4.57. The van der Waals surface area contributed by atoms with E-state index in [9.17, 15) is 8.78 Å². The Balaban J connectivity index is 1.72. The SMILES string of the molecule is CC(C)(CN=C(N)Nc1cc(F)ccc1F)c1ccc2c(c1)OCO2. The van der Waals surface area contributed by atoms with Crippen LogP contribution in [0.2, 0.25) is 0 Å². The highest BCUT2D eigenvalue weighted by molar-refractivity contribution is 5.92. The minimum absolute atomic E-state index is 0.0123. The summed E-state index contributed by atoms with van der Waals surface area (Å²) in [4.78, 5) is 4.25. The molecule has 0 saturated heterocycles. The molecule has 0 bridgehead atoms. The van der Waals surface area contributed by atoms with Crippen molar-refractivity contribution in [1.29, 1.82) is 0 Å². The van der Waals surface area contributed by atoms with Gasteiger partial charge >= 0.3 is 0 Å². The van der Waals surface area contributed by atoms with E-state index >= 15 is 0 Å². The summed E-state index contributed by atoms with van der Waals surface area (Å²) in [7, 11) is 0. The van der Waals surface area contributed by atoms with Crippen molar-refractivity contribution in [1.82, 2.24) is 0 Å². The van der Waals surface area contributed by atoms with Crippen molar-refractivity contribution < 1.29 is 18.3 Å². The molecule has 0 aromatic heterocycles. The molecule has 0 saturated carbocycles. The summed E-state index contributed by atoms with van der Waals surface area (Å²) in [5.74, 6) is 0.263. The van der Waals surface area contributed by atoms with Crippen LogP contribution in [0.15, 0.2) is 41.4 Å². The first-order valence-electron chi connectivity index (χ1n) is 7.77. The number of aliphatic imine (C=N–C) groups is 1. The van der Waals surface area contributed by atoms with Crippen LogP contribution in [0.3, 0.4) is 0 Å². The van der Waals surface area contributed by atoms with Crippen molar-refractivity contribution in [2.45, 2.75) is 19.3 Å². The lowest BCUT2D eigenvalue weighted by Gasteiger charge is -2.23. The first-order valence-corrected chi connectivity index (χ1v) is 7.77. The fourth-order valence-corrected chi connectivity index (χ4v) is 2.46. The van der Waals surface area contributed by atoms with Crippen molar-refractivity contribution in [2.75, 3.05) is 18.7 Å². The van der Waals surface area contributed by atoms with E-state index in [-0.39, 0.29) is 23.9 Å². The number of nitrogens with two attached hydrogens (primary N) is 1. The highest BCUT2D eigenvalue weighted by Gasteiger charge is 2.24. The molecule has 1 aliphatic rings. The molecule has 0 amide bonds. The van der Waals surface area contributed by atoms with Crippen LogP contribution in [0.1, 0.15) is 19.4 Å². The number of hydrogen-bond donors (Lipinski definition) is 2. The Hall–Kier alpha value is -2.83. The molecule has 7 heteroatoms. The Kier molecular flexibility index (Phi) is 4.48. The summed E-state index contributed by atoms with van der Waals surface area (Å²) in [6.07, 6.45) is 0. The number of fused-ring (bicyclic) bond motifs is 1. The molecule has 2 aromatic rings. The van der Waals surface area contributed by atoms with Crippen molar-refractivity contribution >= 4 is 11.6 Å². The van der Waals surface area contributed by atoms with Crippen LogP contribution in [0.4, 0.5) is 14.5 Å². The van der Waals surface area contributed by atoms with Crippen molar-refractivity contribution in [3.05, 3.63) is 53.6 Å². The minimum atomic E-state index is -0.602. The van der Waals surface area contributed by atoms with E-state index in [0.29, 0.717) is 18.0 Å². The highest BCUT2D eigenvalue weighted by Crippen LogP contribution is 2.36. The Morgan fingerprint density at radius 1 is 1.16 bits per heavy atom. The van der Waals surface area contributed by atoms with Gasteiger partial charge in [0.1, 0.15) is 11.6 Å². The lowest BCUT2D eigenvalue weighted by molar-refractivity contribution is 0.174. The largest absolute Gasteiger partial charge is 0.454 e. The molecule has 0 radical (unpaired) electrons. The van der Waals surface area contributed by atoms with E-state index in [0.717, 1.165) is 23.8 Å². The monoisotopic (exact) mass is 347 g/mol. The molecular formula is C18H19F2N3O2. The summed E-state index contributed by atoms with van der Waals surface area (Å²) >= 11 is 0. The smallest absolute Gasteiger partial charge is 0.231 e. The molecule has 5 nitrogen and oxygen atoms in total. The van der Waals surface area contributed by atoms with Crippen LogP contribution in [0.5, 0.6) is 11.5 Å². The van der Waals surface area contributed by atoms with E-state index in [2.05, 4.69) is 10.3 Å². The molecule has 1 aliphatic heterocycles. The van der Waals surface area contributed by atoms with E-state index in [1.165, 1.54) is 0 Å². The number of benzene rings is 2. The molecule has 3 rings (SSSR count). The number of ether oxygens (including phenoxy) is 2. The number of anilines is 1. The van der Waals surface area contributed by atoms with Crippen molar-refractivity contribution in [3.8, 4) is 11.5 Å². The third kappa shape index (κ3) is 3.81. The number of nitrogens with zero attached hydrogens (tertiary/aromatic N) is 1. The van der Waals surface area contributed by atoms with Gasteiger partial charge in [-0.25, -0.2) is 8.78 Å². The average Bonchev–Trinajstić information content (AvgIpc) is 3.04. The van der Waals surface area contributed by atoms with Crippen LogP contribution < -0.4 is 20.5 Å².